The molecule has 0 aliphatic rings. The third-order valence-electron chi connectivity index (χ3n) is 5.35. The molecule has 1 aromatic carbocycles. The van der Waals surface area contributed by atoms with E-state index in [4.69, 9.17) is 0 Å². The first kappa shape index (κ1) is 24.3. The molecule has 1 atom stereocenters. The van der Waals surface area contributed by atoms with Gasteiger partial charge in [0.2, 0.25) is 0 Å². The van der Waals surface area contributed by atoms with Crippen LogP contribution in [0.4, 0.5) is 26.3 Å². The highest BCUT2D eigenvalue weighted by Crippen LogP contribution is 2.35. The Bertz CT molecular complexity index is 1450. The van der Waals surface area contributed by atoms with E-state index >= 15 is 0 Å². The molecule has 3 aromatic heterocycles. The predicted octanol–water partition coefficient (Wildman–Crippen LogP) is 5.11. The summed E-state index contributed by atoms with van der Waals surface area (Å²) in [4.78, 5) is 25.3. The van der Waals surface area contributed by atoms with Crippen molar-refractivity contribution in [2.45, 2.75) is 25.3 Å². The number of benzene rings is 1. The molecule has 0 aliphatic heterocycles. The van der Waals surface area contributed by atoms with E-state index in [1.54, 1.807) is 6.92 Å². The van der Waals surface area contributed by atoms with Crippen LogP contribution in [0.15, 0.2) is 59.9 Å². The largest absolute Gasteiger partial charge is 0.417 e. The minimum atomic E-state index is -4.69. The number of alkyl halides is 6. The summed E-state index contributed by atoms with van der Waals surface area (Å²) in [6.07, 6.45) is -6.36. The van der Waals surface area contributed by atoms with Gasteiger partial charge in [0.1, 0.15) is 5.52 Å². The fraction of sp³-hybridized carbons (Fsp3) is 0.217. The molecule has 0 fully saturated rings. The van der Waals surface area contributed by atoms with Gasteiger partial charge in [-0.2, -0.15) is 26.3 Å². The van der Waals surface area contributed by atoms with Crippen molar-refractivity contribution in [3.63, 3.8) is 0 Å². The highest BCUT2D eigenvalue weighted by Gasteiger charge is 2.32. The van der Waals surface area contributed by atoms with E-state index in [0.717, 1.165) is 47.4 Å². The number of aliphatic hydroxyl groups is 1. The molecule has 0 bridgehead atoms. The van der Waals surface area contributed by atoms with Crippen LogP contribution in [0.5, 0.6) is 0 Å². The second kappa shape index (κ2) is 8.77. The third kappa shape index (κ3) is 4.74. The second-order valence-electron chi connectivity index (χ2n) is 7.78. The lowest BCUT2D eigenvalue weighted by atomic mass is 10.0. The van der Waals surface area contributed by atoms with E-state index in [9.17, 15) is 36.2 Å². The van der Waals surface area contributed by atoms with E-state index in [0.29, 0.717) is 6.20 Å². The molecular weight excluding hydrogens is 478 g/mol. The Morgan fingerprint density at radius 3 is 2.20 bits per heavy atom. The Morgan fingerprint density at radius 1 is 0.943 bits per heavy atom. The number of hydrogen-bond acceptors (Lipinski definition) is 5. The SMILES string of the molecule is C[C@@H](CO)n1cnc2c(-c3cncc(C(F)(F)F)c3)nc(-c3ccc(C(F)(F)F)cc3)cc2c1=O. The summed E-state index contributed by atoms with van der Waals surface area (Å²) in [6.45, 7) is 1.18. The van der Waals surface area contributed by atoms with Crippen LogP contribution in [0.3, 0.4) is 0 Å². The summed E-state index contributed by atoms with van der Waals surface area (Å²) in [7, 11) is 0. The van der Waals surface area contributed by atoms with E-state index in [1.165, 1.54) is 6.07 Å². The lowest BCUT2D eigenvalue weighted by molar-refractivity contribution is -0.138. The summed E-state index contributed by atoms with van der Waals surface area (Å²) in [6, 6.07) is 5.42. The van der Waals surface area contributed by atoms with Crippen molar-refractivity contribution in [1.82, 2.24) is 19.5 Å². The Morgan fingerprint density at radius 2 is 1.60 bits per heavy atom. The molecule has 6 nitrogen and oxygen atoms in total. The van der Waals surface area contributed by atoms with E-state index in [-0.39, 0.29) is 40.0 Å². The average molecular weight is 494 g/mol. The van der Waals surface area contributed by atoms with Gasteiger partial charge in [-0.15, -0.1) is 0 Å². The zero-order valence-electron chi connectivity index (χ0n) is 17.9. The van der Waals surface area contributed by atoms with Crippen LogP contribution < -0.4 is 5.56 Å². The second-order valence-corrected chi connectivity index (χ2v) is 7.78. The van der Waals surface area contributed by atoms with Crippen molar-refractivity contribution in [3.8, 4) is 22.5 Å². The Kier molecular flexibility index (Phi) is 6.09. The zero-order valence-corrected chi connectivity index (χ0v) is 17.9. The summed E-state index contributed by atoms with van der Waals surface area (Å²) in [5.74, 6) is 0. The van der Waals surface area contributed by atoms with Gasteiger partial charge >= 0.3 is 12.4 Å². The van der Waals surface area contributed by atoms with Gasteiger partial charge in [0, 0.05) is 23.5 Å². The number of nitrogens with zero attached hydrogens (tertiary/aromatic N) is 4. The lowest BCUT2D eigenvalue weighted by Crippen LogP contribution is -2.26. The molecule has 35 heavy (non-hydrogen) atoms. The molecule has 0 spiro atoms. The van der Waals surface area contributed by atoms with Gasteiger partial charge in [-0.3, -0.25) is 14.3 Å². The van der Waals surface area contributed by atoms with E-state index < -0.39 is 35.1 Å². The van der Waals surface area contributed by atoms with Crippen LogP contribution in [-0.2, 0) is 12.4 Å². The van der Waals surface area contributed by atoms with Crippen molar-refractivity contribution >= 4 is 10.9 Å². The van der Waals surface area contributed by atoms with Crippen LogP contribution in [0.2, 0.25) is 0 Å². The number of fused-ring (bicyclic) bond motifs is 1. The molecule has 0 saturated heterocycles. The average Bonchev–Trinajstić information content (AvgIpc) is 2.82. The predicted molar refractivity (Wildman–Crippen MR) is 114 cm³/mol. The van der Waals surface area contributed by atoms with Gasteiger partial charge in [-0.05, 0) is 31.2 Å². The molecular formula is C23H16F6N4O2. The molecule has 182 valence electrons. The van der Waals surface area contributed by atoms with Crippen molar-refractivity contribution in [2.75, 3.05) is 6.61 Å². The zero-order chi connectivity index (χ0) is 25.5. The van der Waals surface area contributed by atoms with Crippen LogP contribution in [0.1, 0.15) is 24.1 Å². The Labute approximate surface area is 193 Å². The standard InChI is InChI=1S/C23H16F6N4O2/c1-12(10-34)33-11-31-20-17(21(33)35)7-18(13-2-4-15(5-3-13)22(24,25)26)32-19(20)14-6-16(9-30-8-14)23(27,28)29/h2-9,11-12,34H,10H2,1H3/t12-/m0/s1. The molecule has 0 unspecified atom stereocenters. The van der Waals surface area contributed by atoms with Crippen molar-refractivity contribution < 1.29 is 31.4 Å². The minimum absolute atomic E-state index is 0.0202. The van der Waals surface area contributed by atoms with Crippen molar-refractivity contribution in [3.05, 3.63) is 76.6 Å². The minimum Gasteiger partial charge on any atom is -0.394 e. The van der Waals surface area contributed by atoms with Crippen LogP contribution in [0.25, 0.3) is 33.4 Å². The number of aliphatic hydroxyl groups excluding tert-OH is 1. The summed E-state index contributed by atoms with van der Waals surface area (Å²) < 4.78 is 79.9. The number of pyridine rings is 2. The van der Waals surface area contributed by atoms with Crippen LogP contribution in [-0.4, -0.2) is 31.2 Å². The number of aromatic nitrogens is 4. The molecule has 0 aliphatic carbocycles. The third-order valence-corrected chi connectivity index (χ3v) is 5.35. The first-order valence-corrected chi connectivity index (χ1v) is 10.1. The highest BCUT2D eigenvalue weighted by atomic mass is 19.4. The topological polar surface area (TPSA) is 80.9 Å². The molecule has 0 saturated carbocycles. The van der Waals surface area contributed by atoms with Crippen LogP contribution >= 0.6 is 0 Å². The van der Waals surface area contributed by atoms with Gasteiger partial charge in [0.05, 0.1) is 46.9 Å². The van der Waals surface area contributed by atoms with Crippen molar-refractivity contribution in [1.29, 1.82) is 0 Å². The van der Waals surface area contributed by atoms with Crippen LogP contribution in [0, 0.1) is 0 Å². The van der Waals surface area contributed by atoms with Gasteiger partial charge in [0.15, 0.2) is 0 Å². The maximum Gasteiger partial charge on any atom is 0.417 e. The first-order valence-electron chi connectivity index (χ1n) is 10.1. The lowest BCUT2D eigenvalue weighted by Gasteiger charge is -2.15. The van der Waals surface area contributed by atoms with Gasteiger partial charge in [-0.25, -0.2) is 9.97 Å². The molecule has 1 N–H and O–H groups in total. The monoisotopic (exact) mass is 494 g/mol. The molecule has 0 amide bonds. The summed E-state index contributed by atoms with van der Waals surface area (Å²) >= 11 is 0. The Hall–Kier alpha value is -3.80. The normalized spacial score (nSPS) is 13.3. The smallest absolute Gasteiger partial charge is 0.394 e. The van der Waals surface area contributed by atoms with Gasteiger partial charge in [0.25, 0.3) is 5.56 Å². The maximum atomic E-state index is 13.3. The highest BCUT2D eigenvalue weighted by molar-refractivity contribution is 5.93. The fourth-order valence-corrected chi connectivity index (χ4v) is 3.45. The summed E-state index contributed by atoms with van der Waals surface area (Å²) in [5, 5.41) is 9.40. The number of halogens is 6. The first-order chi connectivity index (χ1) is 16.4. The van der Waals surface area contributed by atoms with E-state index in [2.05, 4.69) is 15.0 Å². The molecule has 4 rings (SSSR count). The fourth-order valence-electron chi connectivity index (χ4n) is 3.45. The molecule has 4 aromatic rings. The van der Waals surface area contributed by atoms with Gasteiger partial charge < -0.3 is 5.11 Å². The summed E-state index contributed by atoms with van der Waals surface area (Å²) in [5.41, 5.74) is -2.51. The van der Waals surface area contributed by atoms with Crippen molar-refractivity contribution in [2.24, 2.45) is 0 Å². The molecule has 3 heterocycles. The quantitative estimate of drug-likeness (QED) is 0.399. The molecule has 0 radical (unpaired) electrons. The maximum absolute atomic E-state index is 13.3. The van der Waals surface area contributed by atoms with E-state index in [1.807, 2.05) is 0 Å². The number of hydrogen-bond donors (Lipinski definition) is 1. The number of rotatable bonds is 4. The Balaban J connectivity index is 2.00. The molecule has 12 heteroatoms. The van der Waals surface area contributed by atoms with Gasteiger partial charge in [-0.1, -0.05) is 12.1 Å².